The molecule has 0 radical (unpaired) electrons. The lowest BCUT2D eigenvalue weighted by molar-refractivity contribution is -0.386. The monoisotopic (exact) mass is 290 g/mol. The van der Waals surface area contributed by atoms with Crippen molar-refractivity contribution >= 4 is 11.6 Å². The summed E-state index contributed by atoms with van der Waals surface area (Å²) in [5.41, 5.74) is 0.684. The number of hydrogen-bond acceptors (Lipinski definition) is 6. The van der Waals surface area contributed by atoms with Gasteiger partial charge in [0.15, 0.2) is 0 Å². The van der Waals surface area contributed by atoms with E-state index in [0.29, 0.717) is 23.8 Å². The van der Waals surface area contributed by atoms with Crippen molar-refractivity contribution in [2.45, 2.75) is 33.2 Å². The number of imidazole rings is 1. The Labute approximate surface area is 122 Å². The van der Waals surface area contributed by atoms with Gasteiger partial charge in [-0.05, 0) is 13.3 Å². The molecule has 0 aliphatic heterocycles. The van der Waals surface area contributed by atoms with Crippen LogP contribution in [0.5, 0.6) is 0 Å². The van der Waals surface area contributed by atoms with E-state index >= 15 is 0 Å². The summed E-state index contributed by atoms with van der Waals surface area (Å²) in [4.78, 5) is 23.4. The zero-order valence-corrected chi connectivity index (χ0v) is 12.3. The highest BCUT2D eigenvalue weighted by Crippen LogP contribution is 2.24. The first-order valence-corrected chi connectivity index (χ1v) is 6.76. The van der Waals surface area contributed by atoms with E-state index in [4.69, 9.17) is 0 Å². The summed E-state index contributed by atoms with van der Waals surface area (Å²) in [6.45, 7) is 4.51. The molecular formula is C13H18N6O2. The summed E-state index contributed by atoms with van der Waals surface area (Å²) >= 11 is 0. The smallest absolute Gasteiger partial charge is 0.312 e. The van der Waals surface area contributed by atoms with Crippen LogP contribution in [0.4, 0.5) is 11.6 Å². The third-order valence-electron chi connectivity index (χ3n) is 3.13. The number of aromatic nitrogens is 4. The van der Waals surface area contributed by atoms with Gasteiger partial charge >= 0.3 is 5.69 Å². The van der Waals surface area contributed by atoms with Crippen molar-refractivity contribution in [2.24, 2.45) is 0 Å². The minimum atomic E-state index is -0.433. The van der Waals surface area contributed by atoms with Crippen molar-refractivity contribution in [3.8, 4) is 0 Å². The highest BCUT2D eigenvalue weighted by molar-refractivity contribution is 5.45. The Morgan fingerprint density at radius 1 is 1.43 bits per heavy atom. The fourth-order valence-electron chi connectivity index (χ4n) is 2.20. The molecule has 0 aliphatic rings. The van der Waals surface area contributed by atoms with E-state index in [1.807, 2.05) is 10.8 Å². The highest BCUT2D eigenvalue weighted by atomic mass is 16.6. The summed E-state index contributed by atoms with van der Waals surface area (Å²) in [5.74, 6) is 1.14. The van der Waals surface area contributed by atoms with E-state index < -0.39 is 4.92 Å². The van der Waals surface area contributed by atoms with Gasteiger partial charge in [-0.15, -0.1) is 0 Å². The Balaban J connectivity index is 2.44. The Kier molecular flexibility index (Phi) is 4.46. The number of anilines is 1. The van der Waals surface area contributed by atoms with Crippen LogP contribution in [0.2, 0.25) is 0 Å². The minimum Gasteiger partial charge on any atom is -0.357 e. The highest BCUT2D eigenvalue weighted by Gasteiger charge is 2.23. The molecule has 0 spiro atoms. The van der Waals surface area contributed by atoms with Crippen LogP contribution >= 0.6 is 0 Å². The fraction of sp³-hybridized carbons (Fsp3) is 0.462. The first-order chi connectivity index (χ1) is 10.1. The second-order valence-electron chi connectivity index (χ2n) is 4.65. The van der Waals surface area contributed by atoms with E-state index in [1.165, 1.54) is 0 Å². The first-order valence-electron chi connectivity index (χ1n) is 6.76. The zero-order valence-electron chi connectivity index (χ0n) is 12.3. The molecule has 2 heterocycles. The van der Waals surface area contributed by atoms with E-state index in [1.54, 1.807) is 20.2 Å². The molecule has 8 heteroatoms. The largest absolute Gasteiger partial charge is 0.357 e. The number of nitrogens with zero attached hydrogens (tertiary/aromatic N) is 5. The average Bonchev–Trinajstić information content (AvgIpc) is 2.85. The van der Waals surface area contributed by atoms with Crippen molar-refractivity contribution in [2.75, 3.05) is 12.4 Å². The maximum atomic E-state index is 11.3. The minimum absolute atomic E-state index is 0.0416. The topological polar surface area (TPSA) is 98.8 Å². The maximum Gasteiger partial charge on any atom is 0.312 e. The second-order valence-corrected chi connectivity index (χ2v) is 4.65. The third kappa shape index (κ3) is 3.15. The van der Waals surface area contributed by atoms with Gasteiger partial charge in [0.25, 0.3) is 0 Å². The van der Waals surface area contributed by atoms with Gasteiger partial charge in [-0.3, -0.25) is 10.1 Å². The number of nitro groups is 1. The quantitative estimate of drug-likeness (QED) is 0.644. The molecule has 0 unspecified atom stereocenters. The Morgan fingerprint density at radius 2 is 2.19 bits per heavy atom. The van der Waals surface area contributed by atoms with Gasteiger partial charge in [0.1, 0.15) is 17.2 Å². The number of hydrogen-bond donors (Lipinski definition) is 1. The van der Waals surface area contributed by atoms with E-state index in [2.05, 4.69) is 27.2 Å². The van der Waals surface area contributed by atoms with Crippen molar-refractivity contribution in [1.82, 2.24) is 19.5 Å². The number of nitrogens with one attached hydrogen (secondary N) is 1. The standard InChI is InChI=1S/C13H18N6O2/c1-4-6-18-7-5-15-11(18)8-10-12(19(20)21)9(2)16-13(14-3)17-10/h5,7H,4,6,8H2,1-3H3,(H,14,16,17). The lowest BCUT2D eigenvalue weighted by Crippen LogP contribution is -2.10. The van der Waals surface area contributed by atoms with E-state index in [-0.39, 0.29) is 5.69 Å². The number of aryl methyl sites for hydroxylation is 2. The third-order valence-corrected chi connectivity index (χ3v) is 3.13. The van der Waals surface area contributed by atoms with Crippen LogP contribution in [0.15, 0.2) is 12.4 Å². The number of rotatable bonds is 6. The summed E-state index contributed by atoms with van der Waals surface area (Å²) in [7, 11) is 1.68. The molecule has 0 saturated carbocycles. The lowest BCUT2D eigenvalue weighted by atomic mass is 10.2. The molecule has 1 N–H and O–H groups in total. The molecule has 0 atom stereocenters. The summed E-state index contributed by atoms with van der Waals surface area (Å²) < 4.78 is 1.99. The zero-order chi connectivity index (χ0) is 15.4. The second kappa shape index (κ2) is 6.29. The normalized spacial score (nSPS) is 10.6. The van der Waals surface area contributed by atoms with Crippen molar-refractivity contribution in [3.05, 3.63) is 39.7 Å². The fourth-order valence-corrected chi connectivity index (χ4v) is 2.20. The van der Waals surface area contributed by atoms with Crippen LogP contribution in [0.1, 0.15) is 30.6 Å². The van der Waals surface area contributed by atoms with Gasteiger partial charge in [-0.25, -0.2) is 15.0 Å². The van der Waals surface area contributed by atoms with Crippen LogP contribution in [-0.4, -0.2) is 31.5 Å². The van der Waals surface area contributed by atoms with Gasteiger partial charge < -0.3 is 9.88 Å². The van der Waals surface area contributed by atoms with Crippen LogP contribution in [0.25, 0.3) is 0 Å². The molecule has 8 nitrogen and oxygen atoms in total. The molecule has 0 amide bonds. The molecule has 0 saturated heterocycles. The molecule has 2 aromatic heterocycles. The molecule has 2 rings (SSSR count). The summed E-state index contributed by atoms with van der Waals surface area (Å²) in [6, 6.07) is 0. The van der Waals surface area contributed by atoms with Gasteiger partial charge in [-0.2, -0.15) is 0 Å². The maximum absolute atomic E-state index is 11.3. The van der Waals surface area contributed by atoms with Crippen LogP contribution in [0.3, 0.4) is 0 Å². The van der Waals surface area contributed by atoms with E-state index in [0.717, 1.165) is 18.8 Å². The van der Waals surface area contributed by atoms with Gasteiger partial charge in [0.05, 0.1) is 11.3 Å². The molecule has 112 valence electrons. The first kappa shape index (κ1) is 14.9. The molecule has 0 aliphatic carbocycles. The van der Waals surface area contributed by atoms with Crippen molar-refractivity contribution in [1.29, 1.82) is 0 Å². The summed E-state index contributed by atoms with van der Waals surface area (Å²) in [6.07, 6.45) is 4.85. The van der Waals surface area contributed by atoms with Crippen molar-refractivity contribution in [3.63, 3.8) is 0 Å². The molecule has 0 fully saturated rings. The summed E-state index contributed by atoms with van der Waals surface area (Å²) in [5, 5.41) is 14.1. The SMILES string of the molecule is CCCn1ccnc1Cc1nc(NC)nc(C)c1[N+](=O)[O-]. The van der Waals surface area contributed by atoms with E-state index in [9.17, 15) is 10.1 Å². The van der Waals surface area contributed by atoms with Crippen LogP contribution < -0.4 is 5.32 Å². The molecule has 0 bridgehead atoms. The average molecular weight is 290 g/mol. The predicted molar refractivity (Wildman–Crippen MR) is 78.3 cm³/mol. The van der Waals surface area contributed by atoms with Gasteiger partial charge in [0, 0.05) is 26.0 Å². The predicted octanol–water partition coefficient (Wildman–Crippen LogP) is 1.93. The molecular weight excluding hydrogens is 272 g/mol. The lowest BCUT2D eigenvalue weighted by Gasteiger charge is -2.09. The van der Waals surface area contributed by atoms with Crippen LogP contribution in [0, 0.1) is 17.0 Å². The molecule has 21 heavy (non-hydrogen) atoms. The Hall–Kier alpha value is -2.51. The Bertz CT molecular complexity index is 652. The molecule has 0 aromatic carbocycles. The Morgan fingerprint density at radius 3 is 2.81 bits per heavy atom. The molecule has 2 aromatic rings. The van der Waals surface area contributed by atoms with Crippen molar-refractivity contribution < 1.29 is 4.92 Å². The van der Waals surface area contributed by atoms with Gasteiger partial charge in [-0.1, -0.05) is 6.92 Å². The van der Waals surface area contributed by atoms with Crippen LogP contribution in [-0.2, 0) is 13.0 Å². The van der Waals surface area contributed by atoms with Gasteiger partial charge in [0.2, 0.25) is 5.95 Å².